The molecule has 1 saturated heterocycles. The molecule has 0 radical (unpaired) electrons. The van der Waals surface area contributed by atoms with Gasteiger partial charge in [-0.05, 0) is 18.6 Å². The molecule has 0 bridgehead atoms. The molecule has 0 saturated carbocycles. The largest absolute Gasteiger partial charge is 0.493 e. The number of methoxy groups -OCH3 is 3. The van der Waals surface area contributed by atoms with Crippen LogP contribution in [0, 0.1) is 0 Å². The molecular weight excluding hydrogens is 348 g/mol. The fraction of sp³-hybridized carbons (Fsp3) is 0.300. The van der Waals surface area contributed by atoms with Gasteiger partial charge in [0.25, 0.3) is 0 Å². The fourth-order valence-electron chi connectivity index (χ4n) is 3.22. The van der Waals surface area contributed by atoms with Crippen LogP contribution in [0.4, 0.5) is 11.4 Å². The zero-order valence-corrected chi connectivity index (χ0v) is 15.5. The van der Waals surface area contributed by atoms with E-state index in [9.17, 15) is 9.59 Å². The zero-order chi connectivity index (χ0) is 19.4. The molecule has 1 N–H and O–H groups in total. The third-order valence-corrected chi connectivity index (χ3v) is 4.48. The maximum atomic E-state index is 12.9. The van der Waals surface area contributed by atoms with Gasteiger partial charge in [-0.15, -0.1) is 0 Å². The Hall–Kier alpha value is -3.22. The molecule has 1 heterocycles. The molecule has 27 heavy (non-hydrogen) atoms. The molecule has 7 nitrogen and oxygen atoms in total. The van der Waals surface area contributed by atoms with E-state index in [1.165, 1.54) is 21.3 Å². The maximum absolute atomic E-state index is 12.9. The number of nitrogens with zero attached hydrogens (tertiary/aromatic N) is 1. The van der Waals surface area contributed by atoms with Gasteiger partial charge >= 0.3 is 0 Å². The zero-order valence-electron chi connectivity index (χ0n) is 15.5. The lowest BCUT2D eigenvalue weighted by Gasteiger charge is -2.24. The van der Waals surface area contributed by atoms with Crippen LogP contribution in [0.3, 0.4) is 0 Å². The van der Waals surface area contributed by atoms with Crippen LogP contribution in [0.1, 0.15) is 12.8 Å². The highest BCUT2D eigenvalue weighted by molar-refractivity contribution is 6.07. The summed E-state index contributed by atoms with van der Waals surface area (Å²) in [7, 11) is 4.53. The Bertz CT molecular complexity index is 813. The Morgan fingerprint density at radius 2 is 1.67 bits per heavy atom. The SMILES string of the molecule is COc1cc(NC(=O)C2CCC(=O)N2c2ccccc2)cc(OC)c1OC. The Kier molecular flexibility index (Phi) is 5.49. The van der Waals surface area contributed by atoms with E-state index in [0.717, 1.165) is 0 Å². The van der Waals surface area contributed by atoms with Crippen LogP contribution in [-0.2, 0) is 9.59 Å². The van der Waals surface area contributed by atoms with E-state index < -0.39 is 6.04 Å². The lowest BCUT2D eigenvalue weighted by Crippen LogP contribution is -2.41. The Balaban J connectivity index is 1.85. The van der Waals surface area contributed by atoms with Gasteiger partial charge in [-0.25, -0.2) is 0 Å². The Morgan fingerprint density at radius 3 is 2.22 bits per heavy atom. The number of nitrogens with one attached hydrogen (secondary N) is 1. The van der Waals surface area contributed by atoms with Crippen molar-refractivity contribution in [3.63, 3.8) is 0 Å². The minimum atomic E-state index is -0.570. The molecule has 3 rings (SSSR count). The quantitative estimate of drug-likeness (QED) is 0.846. The van der Waals surface area contributed by atoms with Crippen molar-refractivity contribution in [1.29, 1.82) is 0 Å². The summed E-state index contributed by atoms with van der Waals surface area (Å²) in [6.07, 6.45) is 0.798. The molecule has 1 aliphatic rings. The van der Waals surface area contributed by atoms with Crippen LogP contribution in [-0.4, -0.2) is 39.2 Å². The van der Waals surface area contributed by atoms with E-state index >= 15 is 0 Å². The van der Waals surface area contributed by atoms with Crippen molar-refractivity contribution in [2.24, 2.45) is 0 Å². The first-order chi connectivity index (χ1) is 13.1. The Labute approximate surface area is 157 Å². The molecule has 1 fully saturated rings. The molecule has 0 aromatic heterocycles. The number of amides is 2. The molecule has 1 aliphatic heterocycles. The van der Waals surface area contributed by atoms with Crippen molar-refractivity contribution in [3.8, 4) is 17.2 Å². The van der Waals surface area contributed by atoms with Gasteiger partial charge in [0.1, 0.15) is 6.04 Å². The normalized spacial score (nSPS) is 16.2. The number of ether oxygens (including phenoxy) is 3. The smallest absolute Gasteiger partial charge is 0.247 e. The average molecular weight is 370 g/mol. The number of hydrogen-bond donors (Lipinski definition) is 1. The lowest BCUT2D eigenvalue weighted by molar-refractivity contribution is -0.120. The highest BCUT2D eigenvalue weighted by atomic mass is 16.5. The molecule has 1 unspecified atom stereocenters. The number of para-hydroxylation sites is 1. The first-order valence-electron chi connectivity index (χ1n) is 8.57. The summed E-state index contributed by atoms with van der Waals surface area (Å²) >= 11 is 0. The predicted molar refractivity (Wildman–Crippen MR) is 102 cm³/mol. The van der Waals surface area contributed by atoms with Gasteiger partial charge < -0.3 is 19.5 Å². The van der Waals surface area contributed by atoms with Gasteiger partial charge in [0.15, 0.2) is 11.5 Å². The van der Waals surface area contributed by atoms with E-state index in [1.54, 1.807) is 17.0 Å². The minimum absolute atomic E-state index is 0.0637. The van der Waals surface area contributed by atoms with Crippen molar-refractivity contribution in [1.82, 2.24) is 0 Å². The highest BCUT2D eigenvalue weighted by Gasteiger charge is 2.37. The van der Waals surface area contributed by atoms with E-state index in [4.69, 9.17) is 14.2 Å². The number of carbonyl (C=O) groups excluding carboxylic acids is 2. The summed E-state index contributed by atoms with van der Waals surface area (Å²) < 4.78 is 15.9. The molecule has 0 aliphatic carbocycles. The highest BCUT2D eigenvalue weighted by Crippen LogP contribution is 2.40. The summed E-state index contributed by atoms with van der Waals surface area (Å²) in [5.74, 6) is 0.995. The van der Waals surface area contributed by atoms with Crippen molar-refractivity contribution >= 4 is 23.2 Å². The van der Waals surface area contributed by atoms with Crippen LogP contribution in [0.25, 0.3) is 0 Å². The topological polar surface area (TPSA) is 77.1 Å². The average Bonchev–Trinajstić information content (AvgIpc) is 3.09. The number of carbonyl (C=O) groups is 2. The van der Waals surface area contributed by atoms with Gasteiger partial charge in [-0.1, -0.05) is 18.2 Å². The van der Waals surface area contributed by atoms with Crippen LogP contribution < -0.4 is 24.4 Å². The van der Waals surface area contributed by atoms with Crippen LogP contribution in [0.5, 0.6) is 17.2 Å². The van der Waals surface area contributed by atoms with Crippen LogP contribution >= 0.6 is 0 Å². The van der Waals surface area contributed by atoms with Gasteiger partial charge in [-0.3, -0.25) is 14.5 Å². The van der Waals surface area contributed by atoms with Crippen molar-refractivity contribution in [2.45, 2.75) is 18.9 Å². The van der Waals surface area contributed by atoms with Crippen LogP contribution in [0.15, 0.2) is 42.5 Å². The van der Waals surface area contributed by atoms with Gasteiger partial charge in [0.05, 0.1) is 21.3 Å². The molecule has 2 aromatic rings. The van der Waals surface area contributed by atoms with Crippen molar-refractivity contribution in [2.75, 3.05) is 31.5 Å². The first-order valence-corrected chi connectivity index (χ1v) is 8.57. The minimum Gasteiger partial charge on any atom is -0.493 e. The molecular formula is C20H22N2O5. The van der Waals surface area contributed by atoms with E-state index in [-0.39, 0.29) is 11.8 Å². The molecule has 2 aromatic carbocycles. The number of anilines is 2. The molecule has 2 amide bonds. The van der Waals surface area contributed by atoms with Crippen LogP contribution in [0.2, 0.25) is 0 Å². The standard InChI is InChI=1S/C20H22N2O5/c1-25-16-11-13(12-17(26-2)19(16)27-3)21-20(24)15-9-10-18(23)22(15)14-7-5-4-6-8-14/h4-8,11-12,15H,9-10H2,1-3H3,(H,21,24). The summed E-state index contributed by atoms with van der Waals surface area (Å²) in [5.41, 5.74) is 1.21. The summed E-state index contributed by atoms with van der Waals surface area (Å²) in [4.78, 5) is 26.7. The fourth-order valence-corrected chi connectivity index (χ4v) is 3.22. The predicted octanol–water partition coefficient (Wildman–Crippen LogP) is 2.85. The molecule has 7 heteroatoms. The summed E-state index contributed by atoms with van der Waals surface area (Å²) in [6, 6.07) is 11.9. The van der Waals surface area contributed by atoms with Crippen molar-refractivity contribution in [3.05, 3.63) is 42.5 Å². The third kappa shape index (κ3) is 3.67. The number of benzene rings is 2. The monoisotopic (exact) mass is 370 g/mol. The summed E-state index contributed by atoms with van der Waals surface area (Å²) in [6.45, 7) is 0. The molecule has 1 atom stereocenters. The second-order valence-electron chi connectivity index (χ2n) is 6.06. The Morgan fingerprint density at radius 1 is 1.04 bits per heavy atom. The van der Waals surface area contributed by atoms with Gasteiger partial charge in [0.2, 0.25) is 17.6 Å². The maximum Gasteiger partial charge on any atom is 0.247 e. The van der Waals surface area contributed by atoms with E-state index in [2.05, 4.69) is 5.32 Å². The van der Waals surface area contributed by atoms with E-state index in [1.807, 2.05) is 30.3 Å². The van der Waals surface area contributed by atoms with E-state index in [0.29, 0.717) is 41.5 Å². The molecule has 142 valence electrons. The third-order valence-electron chi connectivity index (χ3n) is 4.48. The van der Waals surface area contributed by atoms with Crippen molar-refractivity contribution < 1.29 is 23.8 Å². The number of rotatable bonds is 6. The number of hydrogen-bond acceptors (Lipinski definition) is 5. The lowest BCUT2D eigenvalue weighted by atomic mass is 10.1. The summed E-state index contributed by atoms with van der Waals surface area (Å²) in [5, 5.41) is 2.86. The first kappa shape index (κ1) is 18.6. The van der Waals surface area contributed by atoms with Gasteiger partial charge in [0, 0.05) is 29.9 Å². The second-order valence-corrected chi connectivity index (χ2v) is 6.06. The second kappa shape index (κ2) is 7.99. The van der Waals surface area contributed by atoms with Gasteiger partial charge in [-0.2, -0.15) is 0 Å². The molecule has 0 spiro atoms.